The normalized spacial score (nSPS) is 11.8. The Morgan fingerprint density at radius 2 is 1.95 bits per heavy atom. The Kier molecular flexibility index (Phi) is 2.05. The van der Waals surface area contributed by atoms with Crippen LogP contribution in [0.2, 0.25) is 0 Å². The smallest absolute Gasteiger partial charge is 0.252 e. The molecule has 0 saturated carbocycles. The molecule has 0 aromatic carbocycles. The maximum atomic E-state index is 11.5. The molecular formula is C11H7N5O2S2. The molecule has 100 valence electrons. The summed E-state index contributed by atoms with van der Waals surface area (Å²) in [6, 6.07) is 1.16. The number of hydrogen-bond acceptors (Lipinski definition) is 8. The molecule has 4 heterocycles. The van der Waals surface area contributed by atoms with Gasteiger partial charge in [0.05, 0.1) is 29.8 Å². The van der Waals surface area contributed by atoms with E-state index in [9.17, 15) is 9.90 Å². The maximum Gasteiger partial charge on any atom is 0.252 e. The molecule has 0 aliphatic heterocycles. The second kappa shape index (κ2) is 3.58. The largest absolute Gasteiger partial charge is 0.506 e. The number of nitrogens with zero attached hydrogens (tertiary/aromatic N) is 2. The van der Waals surface area contributed by atoms with E-state index in [0.717, 1.165) is 20.2 Å². The Labute approximate surface area is 118 Å². The lowest BCUT2D eigenvalue weighted by molar-refractivity contribution is 0.481. The van der Waals surface area contributed by atoms with Gasteiger partial charge in [0.2, 0.25) is 5.95 Å². The van der Waals surface area contributed by atoms with Gasteiger partial charge in [-0.15, -0.1) is 22.7 Å². The third-order valence-electron chi connectivity index (χ3n) is 2.97. The highest BCUT2D eigenvalue weighted by Gasteiger charge is 2.18. The first-order chi connectivity index (χ1) is 9.54. The molecule has 0 atom stereocenters. The second-order valence-corrected chi connectivity index (χ2v) is 6.53. The van der Waals surface area contributed by atoms with Crippen molar-refractivity contribution in [3.8, 4) is 5.75 Å². The van der Waals surface area contributed by atoms with Gasteiger partial charge in [-0.1, -0.05) is 0 Å². The van der Waals surface area contributed by atoms with Crippen LogP contribution in [0.25, 0.3) is 29.8 Å². The summed E-state index contributed by atoms with van der Waals surface area (Å²) in [5.74, 6) is 0.355. The summed E-state index contributed by atoms with van der Waals surface area (Å²) < 4.78 is 2.24. The molecule has 0 fully saturated rings. The zero-order valence-corrected chi connectivity index (χ0v) is 11.4. The number of nitrogens with two attached hydrogens (primary N) is 2. The maximum absolute atomic E-state index is 11.5. The van der Waals surface area contributed by atoms with Gasteiger partial charge >= 0.3 is 0 Å². The monoisotopic (exact) mass is 305 g/mol. The van der Waals surface area contributed by atoms with Crippen LogP contribution in [0.4, 0.5) is 11.8 Å². The lowest BCUT2D eigenvalue weighted by atomic mass is 10.2. The SMILES string of the molecule is Nc1nc(N)c2sc3sc4c(O)cc(=O)[nH]c4c3c2n1. The highest BCUT2D eigenvalue weighted by atomic mass is 32.2. The van der Waals surface area contributed by atoms with Crippen molar-refractivity contribution in [1.82, 2.24) is 15.0 Å². The Morgan fingerprint density at radius 3 is 2.75 bits per heavy atom. The van der Waals surface area contributed by atoms with Crippen LogP contribution in [0.5, 0.6) is 5.75 Å². The van der Waals surface area contributed by atoms with Crippen molar-refractivity contribution in [1.29, 1.82) is 0 Å². The molecule has 4 aromatic rings. The number of anilines is 2. The third kappa shape index (κ3) is 1.35. The molecule has 0 aliphatic carbocycles. The van der Waals surface area contributed by atoms with E-state index >= 15 is 0 Å². The third-order valence-corrected chi connectivity index (χ3v) is 5.47. The summed E-state index contributed by atoms with van der Waals surface area (Å²) in [5, 5.41) is 10.6. The fourth-order valence-electron chi connectivity index (χ4n) is 2.19. The van der Waals surface area contributed by atoms with Crippen LogP contribution in [0.15, 0.2) is 10.9 Å². The number of fused-ring (bicyclic) bond motifs is 5. The summed E-state index contributed by atoms with van der Waals surface area (Å²) in [5.41, 5.74) is 12.3. The number of H-pyrrole nitrogens is 1. The summed E-state index contributed by atoms with van der Waals surface area (Å²) in [6.45, 7) is 0. The van der Waals surface area contributed by atoms with E-state index in [1.807, 2.05) is 0 Å². The molecule has 0 spiro atoms. The van der Waals surface area contributed by atoms with Crippen LogP contribution < -0.4 is 17.0 Å². The number of hydrogen-bond donors (Lipinski definition) is 4. The number of nitrogen functional groups attached to an aromatic ring is 2. The molecule has 0 saturated heterocycles. The molecule has 20 heavy (non-hydrogen) atoms. The van der Waals surface area contributed by atoms with Gasteiger partial charge in [-0.05, 0) is 0 Å². The fourth-order valence-corrected chi connectivity index (χ4v) is 4.65. The molecule has 4 aromatic heterocycles. The minimum Gasteiger partial charge on any atom is -0.506 e. The zero-order chi connectivity index (χ0) is 14.0. The van der Waals surface area contributed by atoms with Crippen LogP contribution in [0.3, 0.4) is 0 Å². The van der Waals surface area contributed by atoms with E-state index in [1.54, 1.807) is 0 Å². The molecule has 0 amide bonds. The number of rotatable bonds is 0. The van der Waals surface area contributed by atoms with E-state index in [-0.39, 0.29) is 17.3 Å². The van der Waals surface area contributed by atoms with E-state index in [4.69, 9.17) is 11.5 Å². The molecule has 0 aliphatic rings. The number of pyridine rings is 1. The quantitative estimate of drug-likeness (QED) is 0.390. The van der Waals surface area contributed by atoms with Crippen LogP contribution in [-0.4, -0.2) is 20.1 Å². The number of thiophene rings is 2. The minimum absolute atomic E-state index is 0.0414. The van der Waals surface area contributed by atoms with Gasteiger partial charge in [0.1, 0.15) is 11.6 Å². The molecular weight excluding hydrogens is 298 g/mol. The lowest BCUT2D eigenvalue weighted by Crippen LogP contribution is -2.02. The molecule has 7 nitrogen and oxygen atoms in total. The van der Waals surface area contributed by atoms with Gasteiger partial charge < -0.3 is 21.6 Å². The summed E-state index contributed by atoms with van der Waals surface area (Å²) >= 11 is 2.79. The summed E-state index contributed by atoms with van der Waals surface area (Å²) in [6.07, 6.45) is 0. The Bertz CT molecular complexity index is 1060. The Morgan fingerprint density at radius 1 is 1.20 bits per heavy atom. The van der Waals surface area contributed by atoms with Crippen LogP contribution in [0.1, 0.15) is 0 Å². The van der Waals surface area contributed by atoms with Crippen molar-refractivity contribution in [2.75, 3.05) is 11.5 Å². The fraction of sp³-hybridized carbons (Fsp3) is 0. The van der Waals surface area contributed by atoms with Gasteiger partial charge in [-0.3, -0.25) is 4.79 Å². The minimum atomic E-state index is -0.371. The van der Waals surface area contributed by atoms with Crippen molar-refractivity contribution in [3.05, 3.63) is 16.4 Å². The van der Waals surface area contributed by atoms with Gasteiger partial charge in [0, 0.05) is 6.07 Å². The molecule has 4 rings (SSSR count). The van der Waals surface area contributed by atoms with Gasteiger partial charge in [0.15, 0.2) is 0 Å². The molecule has 0 unspecified atom stereocenters. The number of aromatic hydroxyl groups is 1. The first-order valence-electron chi connectivity index (χ1n) is 5.54. The Hall–Kier alpha value is -2.39. The highest BCUT2D eigenvalue weighted by Crippen LogP contribution is 2.45. The van der Waals surface area contributed by atoms with Crippen LogP contribution >= 0.6 is 22.7 Å². The molecule has 9 heteroatoms. The predicted molar refractivity (Wildman–Crippen MR) is 81.4 cm³/mol. The van der Waals surface area contributed by atoms with E-state index in [0.29, 0.717) is 21.6 Å². The van der Waals surface area contributed by atoms with E-state index < -0.39 is 0 Å². The van der Waals surface area contributed by atoms with Crippen molar-refractivity contribution in [3.63, 3.8) is 0 Å². The first kappa shape index (κ1) is 11.4. The summed E-state index contributed by atoms with van der Waals surface area (Å²) in [4.78, 5) is 22.4. The van der Waals surface area contributed by atoms with Crippen molar-refractivity contribution >= 4 is 64.3 Å². The molecule has 6 N–H and O–H groups in total. The van der Waals surface area contributed by atoms with E-state index in [2.05, 4.69) is 15.0 Å². The number of aromatic amines is 1. The van der Waals surface area contributed by atoms with Crippen molar-refractivity contribution in [2.45, 2.75) is 0 Å². The standard InChI is InChI=1S/C11H7N5O2S2/c12-9-8-6(15-11(13)16-9)4-5-7(19-10(4)20-8)2(17)1-3(18)14-5/h1H,(H2,14,17,18)(H4,12,13,15,16). The lowest BCUT2D eigenvalue weighted by Gasteiger charge is -1.98. The topological polar surface area (TPSA) is 131 Å². The number of nitrogens with one attached hydrogen (secondary N) is 1. The van der Waals surface area contributed by atoms with Crippen molar-refractivity contribution < 1.29 is 5.11 Å². The average molecular weight is 305 g/mol. The van der Waals surface area contributed by atoms with Gasteiger partial charge in [0.25, 0.3) is 5.56 Å². The van der Waals surface area contributed by atoms with Crippen LogP contribution in [-0.2, 0) is 0 Å². The van der Waals surface area contributed by atoms with Gasteiger partial charge in [-0.25, -0.2) is 4.98 Å². The summed E-state index contributed by atoms with van der Waals surface area (Å²) in [7, 11) is 0. The highest BCUT2D eigenvalue weighted by molar-refractivity contribution is 7.44. The zero-order valence-electron chi connectivity index (χ0n) is 9.80. The van der Waals surface area contributed by atoms with Crippen LogP contribution in [0, 0.1) is 0 Å². The van der Waals surface area contributed by atoms with E-state index in [1.165, 1.54) is 22.7 Å². The van der Waals surface area contributed by atoms with Gasteiger partial charge in [-0.2, -0.15) is 4.98 Å². The number of aromatic nitrogens is 3. The first-order valence-corrected chi connectivity index (χ1v) is 7.18. The predicted octanol–water partition coefficient (Wildman–Crippen LogP) is 1.62. The molecule has 0 radical (unpaired) electrons. The second-order valence-electron chi connectivity index (χ2n) is 4.23. The Balaban J connectivity index is 2.34. The molecule has 0 bridgehead atoms. The average Bonchev–Trinajstić information content (AvgIpc) is 2.87. The van der Waals surface area contributed by atoms with Crippen molar-refractivity contribution in [2.24, 2.45) is 0 Å².